The van der Waals surface area contributed by atoms with Crippen LogP contribution in [0.4, 0.5) is 10.1 Å². The van der Waals surface area contributed by atoms with Gasteiger partial charge in [-0.2, -0.15) is 10.1 Å². The fourth-order valence-corrected chi connectivity index (χ4v) is 5.38. The molecule has 0 aliphatic carbocycles. The summed E-state index contributed by atoms with van der Waals surface area (Å²) in [4.78, 5) is 29.5. The number of amides is 2. The molecular formula is C26H19Cl2FN4O2S. The van der Waals surface area contributed by atoms with Crippen LogP contribution >= 0.6 is 35.0 Å². The molecular weight excluding hydrogens is 522 g/mol. The molecule has 2 heterocycles. The number of carbonyl (C=O) groups excluding carboxylic acids is 2. The topological polar surface area (TPSA) is 74.1 Å². The predicted octanol–water partition coefficient (Wildman–Crippen LogP) is 6.31. The fourth-order valence-electron chi connectivity index (χ4n) is 4.00. The third-order valence-electron chi connectivity index (χ3n) is 5.74. The van der Waals surface area contributed by atoms with Gasteiger partial charge in [-0.3, -0.25) is 9.59 Å². The Hall–Kier alpha value is -3.20. The number of nitrogens with zero attached hydrogens (tertiary/aromatic N) is 3. The van der Waals surface area contributed by atoms with Crippen LogP contribution in [0, 0.1) is 5.82 Å². The van der Waals surface area contributed by atoms with Crippen LogP contribution in [0.2, 0.25) is 10.0 Å². The number of amidine groups is 1. The quantitative estimate of drug-likeness (QED) is 0.411. The number of hydrazone groups is 1. The molecule has 5 rings (SSSR count). The fraction of sp³-hybridized carbons (Fsp3) is 0.154. The van der Waals surface area contributed by atoms with Crippen molar-refractivity contribution in [2.75, 3.05) is 5.32 Å². The van der Waals surface area contributed by atoms with Gasteiger partial charge < -0.3 is 5.32 Å². The zero-order valence-corrected chi connectivity index (χ0v) is 21.0. The maximum atomic E-state index is 13.5. The molecule has 0 aromatic heterocycles. The summed E-state index contributed by atoms with van der Waals surface area (Å²) in [5.41, 5.74) is 3.01. The van der Waals surface area contributed by atoms with Crippen LogP contribution in [-0.4, -0.2) is 33.0 Å². The lowest BCUT2D eigenvalue weighted by Crippen LogP contribution is -2.25. The summed E-state index contributed by atoms with van der Waals surface area (Å²) in [6.45, 7) is 0. The zero-order chi connectivity index (χ0) is 25.2. The zero-order valence-electron chi connectivity index (χ0n) is 18.7. The van der Waals surface area contributed by atoms with Crippen LogP contribution in [0.5, 0.6) is 0 Å². The van der Waals surface area contributed by atoms with Crippen molar-refractivity contribution in [3.8, 4) is 0 Å². The van der Waals surface area contributed by atoms with Gasteiger partial charge >= 0.3 is 0 Å². The van der Waals surface area contributed by atoms with E-state index in [1.807, 2.05) is 18.2 Å². The van der Waals surface area contributed by atoms with E-state index in [1.54, 1.807) is 47.5 Å². The Kier molecular flexibility index (Phi) is 7.09. The highest BCUT2D eigenvalue weighted by Gasteiger charge is 2.39. The predicted molar refractivity (Wildman–Crippen MR) is 142 cm³/mol. The van der Waals surface area contributed by atoms with Gasteiger partial charge in [0.25, 0.3) is 5.91 Å². The van der Waals surface area contributed by atoms with Gasteiger partial charge in [0.2, 0.25) is 5.91 Å². The first-order valence-corrected chi connectivity index (χ1v) is 12.7. The van der Waals surface area contributed by atoms with E-state index in [4.69, 9.17) is 28.3 Å². The third-order valence-corrected chi connectivity index (χ3v) is 7.37. The van der Waals surface area contributed by atoms with Gasteiger partial charge in [0, 0.05) is 28.6 Å². The highest BCUT2D eigenvalue weighted by Crippen LogP contribution is 2.39. The summed E-state index contributed by atoms with van der Waals surface area (Å²) in [6.07, 6.45) is 0.477. The highest BCUT2D eigenvalue weighted by molar-refractivity contribution is 8.15. The van der Waals surface area contributed by atoms with Crippen LogP contribution in [0.15, 0.2) is 82.9 Å². The van der Waals surface area contributed by atoms with Gasteiger partial charge in [-0.15, -0.1) is 0 Å². The lowest BCUT2D eigenvalue weighted by atomic mass is 9.98. The first-order valence-electron chi connectivity index (χ1n) is 11.1. The minimum Gasteiger partial charge on any atom is -0.326 e. The van der Waals surface area contributed by atoms with Gasteiger partial charge in [0.15, 0.2) is 5.17 Å². The molecule has 0 saturated carbocycles. The molecule has 0 unspecified atom stereocenters. The molecule has 0 saturated heterocycles. The Morgan fingerprint density at radius 2 is 1.81 bits per heavy atom. The molecule has 1 N–H and O–H groups in total. The van der Waals surface area contributed by atoms with E-state index in [0.717, 1.165) is 16.8 Å². The summed E-state index contributed by atoms with van der Waals surface area (Å²) in [7, 11) is 0. The average molecular weight is 541 g/mol. The van der Waals surface area contributed by atoms with Crippen LogP contribution in [0.3, 0.4) is 0 Å². The number of anilines is 1. The van der Waals surface area contributed by atoms with E-state index in [9.17, 15) is 14.0 Å². The van der Waals surface area contributed by atoms with Gasteiger partial charge in [-0.25, -0.2) is 9.40 Å². The van der Waals surface area contributed by atoms with E-state index in [2.05, 4.69) is 10.3 Å². The van der Waals surface area contributed by atoms with E-state index < -0.39 is 11.2 Å². The number of rotatable bonds is 5. The number of hydrogen-bond acceptors (Lipinski definition) is 5. The SMILES string of the molecule is O=C(C[C@@H]1SC(N2N=C(c3ccc(F)cc3)C[C@H]2c2cccc(Cl)c2)=NC1=O)Nc1ccc(Cl)cc1. The average Bonchev–Trinajstić information content (AvgIpc) is 3.45. The summed E-state index contributed by atoms with van der Waals surface area (Å²) in [6, 6.07) is 20.0. The van der Waals surface area contributed by atoms with Crippen molar-refractivity contribution < 1.29 is 14.0 Å². The number of hydrogen-bond donors (Lipinski definition) is 1. The molecule has 0 radical (unpaired) electrons. The lowest BCUT2D eigenvalue weighted by Gasteiger charge is -2.23. The molecule has 182 valence electrons. The van der Waals surface area contributed by atoms with Crippen LogP contribution in [0.1, 0.15) is 30.0 Å². The Morgan fingerprint density at radius 3 is 2.53 bits per heavy atom. The van der Waals surface area contributed by atoms with Crippen LogP contribution in [-0.2, 0) is 9.59 Å². The maximum absolute atomic E-state index is 13.5. The van der Waals surface area contributed by atoms with Crippen molar-refractivity contribution in [2.45, 2.75) is 24.1 Å². The Morgan fingerprint density at radius 1 is 1.06 bits per heavy atom. The number of benzene rings is 3. The van der Waals surface area contributed by atoms with E-state index in [0.29, 0.717) is 27.3 Å². The molecule has 0 bridgehead atoms. The van der Waals surface area contributed by atoms with Crippen molar-refractivity contribution in [2.24, 2.45) is 10.1 Å². The Labute approximate surface area is 221 Å². The summed E-state index contributed by atoms with van der Waals surface area (Å²) < 4.78 is 13.5. The first kappa shape index (κ1) is 24.5. The molecule has 0 spiro atoms. The number of carbonyl (C=O) groups is 2. The molecule has 3 aromatic carbocycles. The van der Waals surface area contributed by atoms with Gasteiger partial charge in [0.05, 0.1) is 11.8 Å². The molecule has 3 aromatic rings. The molecule has 2 aliphatic heterocycles. The molecule has 36 heavy (non-hydrogen) atoms. The summed E-state index contributed by atoms with van der Waals surface area (Å²) >= 11 is 13.3. The molecule has 2 aliphatic rings. The maximum Gasteiger partial charge on any atom is 0.262 e. The lowest BCUT2D eigenvalue weighted by molar-refractivity contribution is -0.121. The van der Waals surface area contributed by atoms with Crippen molar-refractivity contribution in [1.29, 1.82) is 0 Å². The van der Waals surface area contributed by atoms with Crippen LogP contribution < -0.4 is 5.32 Å². The second kappa shape index (κ2) is 10.4. The van der Waals surface area contributed by atoms with Crippen molar-refractivity contribution >= 4 is 63.3 Å². The first-order chi connectivity index (χ1) is 17.4. The molecule has 0 fully saturated rings. The van der Waals surface area contributed by atoms with Crippen LogP contribution in [0.25, 0.3) is 0 Å². The normalized spacial score (nSPS) is 19.3. The molecule has 10 heteroatoms. The number of halogens is 3. The Bertz CT molecular complexity index is 1380. The second-order valence-electron chi connectivity index (χ2n) is 8.27. The highest BCUT2D eigenvalue weighted by atomic mass is 35.5. The van der Waals surface area contributed by atoms with Crippen molar-refractivity contribution in [3.63, 3.8) is 0 Å². The second-order valence-corrected chi connectivity index (χ2v) is 10.3. The van der Waals surface area contributed by atoms with Gasteiger partial charge in [-0.1, -0.05) is 59.2 Å². The summed E-state index contributed by atoms with van der Waals surface area (Å²) in [5, 5.41) is 10.1. The number of nitrogens with one attached hydrogen (secondary N) is 1. The van der Waals surface area contributed by atoms with Gasteiger partial charge in [-0.05, 0) is 59.7 Å². The van der Waals surface area contributed by atoms with E-state index >= 15 is 0 Å². The standard InChI is InChI=1S/C26H19Cl2FN4O2S/c27-17-6-10-20(11-7-17)30-24(34)14-23-25(35)31-26(36-23)33-22(16-2-1-3-18(28)12-16)13-21(32-33)15-4-8-19(29)9-5-15/h1-12,22-23H,13-14H2,(H,30,34)/t22-,23-/m0/s1. The van der Waals surface area contributed by atoms with Crippen molar-refractivity contribution in [3.05, 3.63) is 99.8 Å². The summed E-state index contributed by atoms with van der Waals surface area (Å²) in [5.74, 6) is -1.03. The minimum atomic E-state index is -0.669. The monoisotopic (exact) mass is 540 g/mol. The molecule has 2 amide bonds. The minimum absolute atomic E-state index is 0.0384. The molecule has 6 nitrogen and oxygen atoms in total. The number of thioether (sulfide) groups is 1. The van der Waals surface area contributed by atoms with E-state index in [-0.39, 0.29) is 24.2 Å². The Balaban J connectivity index is 1.35. The third kappa shape index (κ3) is 5.46. The smallest absolute Gasteiger partial charge is 0.262 e. The van der Waals surface area contributed by atoms with Crippen molar-refractivity contribution in [1.82, 2.24) is 5.01 Å². The van der Waals surface area contributed by atoms with E-state index in [1.165, 1.54) is 23.9 Å². The molecule has 2 atom stereocenters. The largest absolute Gasteiger partial charge is 0.326 e. The number of aliphatic imine (C=N–C) groups is 1. The van der Waals surface area contributed by atoms with Gasteiger partial charge in [0.1, 0.15) is 11.1 Å².